The van der Waals surface area contributed by atoms with Crippen LogP contribution in [0.5, 0.6) is 0 Å². The summed E-state index contributed by atoms with van der Waals surface area (Å²) in [6, 6.07) is 7.13. The Morgan fingerprint density at radius 2 is 1.90 bits per heavy atom. The van der Waals surface area contributed by atoms with Crippen molar-refractivity contribution in [3.05, 3.63) is 48.0 Å². The third-order valence-electron chi connectivity index (χ3n) is 3.16. The molecule has 0 amide bonds. The Labute approximate surface area is 124 Å². The predicted octanol–water partition coefficient (Wildman–Crippen LogP) is 1.78. The van der Waals surface area contributed by atoms with Crippen LogP contribution in [-0.4, -0.2) is 31.8 Å². The highest BCUT2D eigenvalue weighted by molar-refractivity contribution is 7.88. The maximum absolute atomic E-state index is 11.9. The summed E-state index contributed by atoms with van der Waals surface area (Å²) in [5.74, 6) is 0.580. The summed E-state index contributed by atoms with van der Waals surface area (Å²) < 4.78 is 30.3. The molecule has 0 fully saturated rings. The van der Waals surface area contributed by atoms with Crippen LogP contribution in [0.15, 0.2) is 46.2 Å². The van der Waals surface area contributed by atoms with E-state index in [1.807, 2.05) is 19.1 Å². The topological polar surface area (TPSA) is 75.4 Å². The molecule has 7 heteroatoms. The molecule has 0 spiro atoms. The van der Waals surface area contributed by atoms with Gasteiger partial charge in [-0.25, -0.2) is 12.7 Å². The van der Waals surface area contributed by atoms with Crippen molar-refractivity contribution in [3.63, 3.8) is 0 Å². The number of rotatable bonds is 6. The van der Waals surface area contributed by atoms with Gasteiger partial charge in [0.05, 0.1) is 6.54 Å². The Hall–Kier alpha value is -1.70. The molecule has 2 aromatic heterocycles. The Morgan fingerprint density at radius 1 is 1.24 bits per heavy atom. The van der Waals surface area contributed by atoms with E-state index >= 15 is 0 Å². The average Bonchev–Trinajstić information content (AvgIpc) is 2.95. The standard InChI is InChI=1S/C14H19N3O3S/c1-11(12-6-8-15-9-7-12)16-10-13-4-5-14(20-13)21(18,19)17(2)3/h4-9,11,16H,10H2,1-3H3/t11-/m1/s1. The van der Waals surface area contributed by atoms with Crippen molar-refractivity contribution in [2.75, 3.05) is 14.1 Å². The molecule has 0 bridgehead atoms. The first-order valence-corrected chi connectivity index (χ1v) is 8.00. The predicted molar refractivity (Wildman–Crippen MR) is 79.1 cm³/mol. The summed E-state index contributed by atoms with van der Waals surface area (Å²) in [5.41, 5.74) is 1.11. The van der Waals surface area contributed by atoms with Crippen LogP contribution in [0.3, 0.4) is 0 Å². The maximum Gasteiger partial charge on any atom is 0.275 e. The number of aromatic nitrogens is 1. The van der Waals surface area contributed by atoms with E-state index in [1.54, 1.807) is 18.5 Å². The van der Waals surface area contributed by atoms with Crippen LogP contribution in [-0.2, 0) is 16.6 Å². The molecular weight excluding hydrogens is 290 g/mol. The Morgan fingerprint density at radius 3 is 2.52 bits per heavy atom. The van der Waals surface area contributed by atoms with Crippen LogP contribution in [0.1, 0.15) is 24.3 Å². The number of hydrogen-bond acceptors (Lipinski definition) is 5. The Kier molecular flexibility index (Phi) is 4.76. The second-order valence-corrected chi connectivity index (χ2v) is 6.97. The first-order valence-electron chi connectivity index (χ1n) is 6.56. The first kappa shape index (κ1) is 15.7. The number of nitrogens with zero attached hydrogens (tertiary/aromatic N) is 2. The lowest BCUT2D eigenvalue weighted by Gasteiger charge is -2.12. The molecule has 0 saturated carbocycles. The fraction of sp³-hybridized carbons (Fsp3) is 0.357. The van der Waals surface area contributed by atoms with Gasteiger partial charge >= 0.3 is 0 Å². The molecule has 0 unspecified atom stereocenters. The van der Waals surface area contributed by atoms with Crippen molar-refractivity contribution in [1.29, 1.82) is 0 Å². The normalized spacial score (nSPS) is 13.5. The van der Waals surface area contributed by atoms with Crippen molar-refractivity contribution in [3.8, 4) is 0 Å². The van der Waals surface area contributed by atoms with Gasteiger partial charge in [0, 0.05) is 32.5 Å². The lowest BCUT2D eigenvalue weighted by Crippen LogP contribution is -2.21. The van der Waals surface area contributed by atoms with Gasteiger partial charge in [0.15, 0.2) is 0 Å². The summed E-state index contributed by atoms with van der Waals surface area (Å²) in [7, 11) is -0.569. The second kappa shape index (κ2) is 6.38. The smallest absolute Gasteiger partial charge is 0.275 e. The van der Waals surface area contributed by atoms with Gasteiger partial charge in [-0.15, -0.1) is 0 Å². The number of sulfonamides is 1. The summed E-state index contributed by atoms with van der Waals surface area (Å²) in [5, 5.41) is 3.24. The molecule has 1 N–H and O–H groups in total. The molecule has 6 nitrogen and oxygen atoms in total. The highest BCUT2D eigenvalue weighted by Crippen LogP contribution is 2.18. The summed E-state index contributed by atoms with van der Waals surface area (Å²) in [6.07, 6.45) is 3.48. The molecule has 1 atom stereocenters. The van der Waals surface area contributed by atoms with Gasteiger partial charge in [-0.05, 0) is 36.8 Å². The molecular formula is C14H19N3O3S. The van der Waals surface area contributed by atoms with E-state index in [9.17, 15) is 8.42 Å². The van der Waals surface area contributed by atoms with Crippen molar-refractivity contribution in [1.82, 2.24) is 14.6 Å². The van der Waals surface area contributed by atoms with E-state index in [0.29, 0.717) is 12.3 Å². The number of hydrogen-bond donors (Lipinski definition) is 1. The Balaban J connectivity index is 2.01. The molecule has 0 aliphatic heterocycles. The van der Waals surface area contributed by atoms with Gasteiger partial charge < -0.3 is 9.73 Å². The van der Waals surface area contributed by atoms with E-state index in [0.717, 1.165) is 9.87 Å². The third-order valence-corrected chi connectivity index (χ3v) is 4.85. The largest absolute Gasteiger partial charge is 0.447 e. The fourth-order valence-electron chi connectivity index (χ4n) is 1.80. The minimum absolute atomic E-state index is 0.0409. The molecule has 2 aromatic rings. The average molecular weight is 309 g/mol. The number of furan rings is 1. The number of nitrogens with one attached hydrogen (secondary N) is 1. The lowest BCUT2D eigenvalue weighted by atomic mass is 10.1. The highest BCUT2D eigenvalue weighted by atomic mass is 32.2. The maximum atomic E-state index is 11.9. The molecule has 0 aromatic carbocycles. The van der Waals surface area contributed by atoms with Crippen molar-refractivity contribution >= 4 is 10.0 Å². The monoisotopic (exact) mass is 309 g/mol. The molecule has 0 saturated heterocycles. The van der Waals surface area contributed by atoms with Gasteiger partial charge in [0.1, 0.15) is 5.76 Å². The summed E-state index contributed by atoms with van der Waals surface area (Å²) >= 11 is 0. The van der Waals surface area contributed by atoms with Crippen molar-refractivity contribution < 1.29 is 12.8 Å². The molecule has 114 valence electrons. The van der Waals surface area contributed by atoms with E-state index < -0.39 is 10.0 Å². The van der Waals surface area contributed by atoms with Gasteiger partial charge in [0.2, 0.25) is 5.09 Å². The first-order chi connectivity index (χ1) is 9.91. The van der Waals surface area contributed by atoms with Crippen molar-refractivity contribution in [2.24, 2.45) is 0 Å². The summed E-state index contributed by atoms with van der Waals surface area (Å²) in [4.78, 5) is 3.98. The molecule has 0 aliphatic carbocycles. The highest BCUT2D eigenvalue weighted by Gasteiger charge is 2.21. The zero-order chi connectivity index (χ0) is 15.5. The van der Waals surface area contributed by atoms with E-state index in [1.165, 1.54) is 20.2 Å². The SMILES string of the molecule is C[C@@H](NCc1ccc(S(=O)(=O)N(C)C)o1)c1ccncc1. The van der Waals surface area contributed by atoms with E-state index in [-0.39, 0.29) is 11.1 Å². The van der Waals surface area contributed by atoms with Crippen LogP contribution in [0.2, 0.25) is 0 Å². The Bertz CT molecular complexity index is 680. The lowest BCUT2D eigenvalue weighted by molar-refractivity contribution is 0.382. The molecule has 0 aliphatic rings. The van der Waals surface area contributed by atoms with Gasteiger partial charge in [0.25, 0.3) is 10.0 Å². The molecule has 0 radical (unpaired) electrons. The van der Waals surface area contributed by atoms with Gasteiger partial charge in [-0.1, -0.05) is 0 Å². The van der Waals surface area contributed by atoms with Crippen LogP contribution in [0.4, 0.5) is 0 Å². The van der Waals surface area contributed by atoms with E-state index in [2.05, 4.69) is 10.3 Å². The second-order valence-electron chi connectivity index (χ2n) is 4.89. The number of pyridine rings is 1. The minimum Gasteiger partial charge on any atom is -0.447 e. The van der Waals surface area contributed by atoms with Gasteiger partial charge in [-0.2, -0.15) is 0 Å². The van der Waals surface area contributed by atoms with E-state index in [4.69, 9.17) is 4.42 Å². The van der Waals surface area contributed by atoms with Gasteiger partial charge in [-0.3, -0.25) is 4.98 Å². The van der Waals surface area contributed by atoms with Crippen molar-refractivity contribution in [2.45, 2.75) is 24.6 Å². The minimum atomic E-state index is -3.52. The van der Waals surface area contributed by atoms with Crippen LogP contribution in [0.25, 0.3) is 0 Å². The van der Waals surface area contributed by atoms with Crippen LogP contribution < -0.4 is 5.32 Å². The zero-order valence-corrected chi connectivity index (χ0v) is 13.1. The van der Waals surface area contributed by atoms with Crippen LogP contribution in [0, 0.1) is 0 Å². The summed E-state index contributed by atoms with van der Waals surface area (Å²) in [6.45, 7) is 2.47. The zero-order valence-electron chi connectivity index (χ0n) is 12.3. The molecule has 21 heavy (non-hydrogen) atoms. The van der Waals surface area contributed by atoms with Crippen LogP contribution >= 0.6 is 0 Å². The molecule has 2 heterocycles. The fourth-order valence-corrected chi connectivity index (χ4v) is 2.61. The quantitative estimate of drug-likeness (QED) is 0.880. The molecule has 2 rings (SSSR count). The third kappa shape index (κ3) is 3.69.